The third-order valence-corrected chi connectivity index (χ3v) is 2.68. The van der Waals surface area contributed by atoms with Crippen molar-refractivity contribution in [1.29, 1.82) is 0 Å². The van der Waals surface area contributed by atoms with Gasteiger partial charge >= 0.3 is 0 Å². The second kappa shape index (κ2) is 4.04. The van der Waals surface area contributed by atoms with Crippen LogP contribution in [0.5, 0.6) is 0 Å². The molecule has 0 amide bonds. The monoisotopic (exact) mass is 223 g/mol. The number of halogens is 2. The van der Waals surface area contributed by atoms with Crippen molar-refractivity contribution in [3.8, 4) is 0 Å². The van der Waals surface area contributed by atoms with Crippen molar-refractivity contribution in [2.75, 3.05) is 0 Å². The first-order valence-electron chi connectivity index (χ1n) is 3.26. The second-order valence-electron chi connectivity index (χ2n) is 2.31. The molecule has 0 bridgehead atoms. The van der Waals surface area contributed by atoms with E-state index in [0.29, 0.717) is 0 Å². The van der Waals surface area contributed by atoms with E-state index in [1.54, 1.807) is 0 Å². The van der Waals surface area contributed by atoms with Gasteiger partial charge in [-0.2, -0.15) is 0 Å². The second-order valence-corrected chi connectivity index (χ2v) is 3.68. The molecule has 0 unspecified atom stereocenters. The van der Waals surface area contributed by atoms with Gasteiger partial charge in [-0.15, -0.1) is 0 Å². The molecule has 0 heterocycles. The molecule has 1 rings (SSSR count). The topological polar surface area (TPSA) is 54.0 Å². The van der Waals surface area contributed by atoms with Crippen LogP contribution in [0.2, 0.25) is 5.02 Å². The molecule has 0 spiro atoms. The van der Waals surface area contributed by atoms with Crippen molar-refractivity contribution in [2.24, 2.45) is 0 Å². The standard InChI is InChI=1S/C7H5ClFO3S/c8-5-1-4(3-10)2-6(9)7(5)13(11)12/h1-2,13H,3H2. The summed E-state index contributed by atoms with van der Waals surface area (Å²) in [6.07, 6.45) is 0. The van der Waals surface area contributed by atoms with Crippen molar-refractivity contribution in [2.45, 2.75) is 11.5 Å². The molecular weight excluding hydrogens is 219 g/mol. The van der Waals surface area contributed by atoms with Gasteiger partial charge in [0.25, 0.3) is 0 Å². The van der Waals surface area contributed by atoms with Gasteiger partial charge < -0.3 is 0 Å². The highest BCUT2D eigenvalue weighted by Gasteiger charge is 2.11. The minimum Gasteiger partial charge on any atom is -0.232 e. The van der Waals surface area contributed by atoms with Crippen LogP contribution >= 0.6 is 11.6 Å². The summed E-state index contributed by atoms with van der Waals surface area (Å²) < 4.78 is 33.9. The predicted octanol–water partition coefficient (Wildman–Crippen LogP) is 1.38. The highest BCUT2D eigenvalue weighted by Crippen LogP contribution is 2.22. The summed E-state index contributed by atoms with van der Waals surface area (Å²) in [7, 11) is -3.06. The lowest BCUT2D eigenvalue weighted by Crippen LogP contribution is -1.92. The molecule has 0 atom stereocenters. The van der Waals surface area contributed by atoms with Crippen LogP contribution in [-0.4, -0.2) is 8.42 Å². The van der Waals surface area contributed by atoms with Crippen LogP contribution in [-0.2, 0) is 22.4 Å². The Morgan fingerprint density at radius 1 is 1.38 bits per heavy atom. The zero-order valence-corrected chi connectivity index (χ0v) is 7.94. The molecule has 0 saturated carbocycles. The van der Waals surface area contributed by atoms with Crippen molar-refractivity contribution in [3.05, 3.63) is 28.5 Å². The van der Waals surface area contributed by atoms with Crippen LogP contribution in [0.25, 0.3) is 0 Å². The van der Waals surface area contributed by atoms with E-state index >= 15 is 0 Å². The Hall–Kier alpha value is -0.650. The SMILES string of the molecule is [O]Cc1cc(F)c([SH](=O)=O)c(Cl)c1. The average molecular weight is 224 g/mol. The first kappa shape index (κ1) is 10.4. The van der Waals surface area contributed by atoms with Crippen LogP contribution < -0.4 is 0 Å². The zero-order chi connectivity index (χ0) is 10.0. The number of hydrogen-bond donors (Lipinski definition) is 1. The third-order valence-electron chi connectivity index (χ3n) is 1.43. The Morgan fingerprint density at radius 3 is 2.38 bits per heavy atom. The highest BCUT2D eigenvalue weighted by atomic mass is 35.5. The molecule has 6 heteroatoms. The molecular formula is C7H5ClFO3S. The Labute approximate surface area is 80.7 Å². The van der Waals surface area contributed by atoms with Gasteiger partial charge in [0.2, 0.25) is 0 Å². The first-order valence-corrected chi connectivity index (χ1v) is 4.82. The molecule has 0 aliphatic heterocycles. The number of benzene rings is 1. The molecule has 0 fully saturated rings. The summed E-state index contributed by atoms with van der Waals surface area (Å²) in [5.41, 5.74) is 0.128. The van der Waals surface area contributed by atoms with Gasteiger partial charge in [-0.1, -0.05) is 11.6 Å². The number of rotatable bonds is 2. The molecule has 1 aromatic carbocycles. The largest absolute Gasteiger partial charge is 0.232 e. The van der Waals surface area contributed by atoms with Crippen LogP contribution in [0.1, 0.15) is 5.56 Å². The molecule has 0 aliphatic carbocycles. The Morgan fingerprint density at radius 2 is 2.00 bits per heavy atom. The van der Waals surface area contributed by atoms with E-state index in [2.05, 4.69) is 0 Å². The smallest absolute Gasteiger partial charge is 0.172 e. The first-order chi connectivity index (χ1) is 6.06. The van der Waals surface area contributed by atoms with Gasteiger partial charge in [-0.25, -0.2) is 17.9 Å². The van der Waals surface area contributed by atoms with Crippen molar-refractivity contribution in [3.63, 3.8) is 0 Å². The Bertz CT molecular complexity index is 372. The fourth-order valence-electron chi connectivity index (χ4n) is 0.876. The summed E-state index contributed by atoms with van der Waals surface area (Å²) in [4.78, 5) is -0.561. The summed E-state index contributed by atoms with van der Waals surface area (Å²) in [6, 6.07) is 2.03. The number of hydrogen-bond acceptors (Lipinski definition) is 2. The van der Waals surface area contributed by atoms with Crippen LogP contribution in [0.3, 0.4) is 0 Å². The van der Waals surface area contributed by atoms with E-state index in [1.165, 1.54) is 0 Å². The molecule has 1 aromatic rings. The van der Waals surface area contributed by atoms with E-state index in [1.807, 2.05) is 0 Å². The Kier molecular flexibility index (Phi) is 3.24. The highest BCUT2D eigenvalue weighted by molar-refractivity contribution is 7.72. The third kappa shape index (κ3) is 2.18. The fraction of sp³-hybridized carbons (Fsp3) is 0.143. The van der Waals surface area contributed by atoms with Gasteiger partial charge in [0.15, 0.2) is 10.7 Å². The lowest BCUT2D eigenvalue weighted by Gasteiger charge is -2.00. The van der Waals surface area contributed by atoms with E-state index < -0.39 is 28.0 Å². The fourth-order valence-corrected chi connectivity index (χ4v) is 1.79. The van der Waals surface area contributed by atoms with E-state index in [0.717, 1.165) is 12.1 Å². The van der Waals surface area contributed by atoms with Crippen LogP contribution in [0.15, 0.2) is 17.0 Å². The average Bonchev–Trinajstić information content (AvgIpc) is 2.02. The van der Waals surface area contributed by atoms with Crippen LogP contribution in [0, 0.1) is 5.82 Å². The summed E-state index contributed by atoms with van der Waals surface area (Å²) in [5, 5.41) is 10.1. The minimum absolute atomic E-state index is 0.128. The van der Waals surface area contributed by atoms with E-state index in [-0.39, 0.29) is 10.6 Å². The van der Waals surface area contributed by atoms with E-state index in [4.69, 9.17) is 11.6 Å². The lowest BCUT2D eigenvalue weighted by molar-refractivity contribution is 0.177. The van der Waals surface area contributed by atoms with Gasteiger partial charge in [0, 0.05) is 0 Å². The van der Waals surface area contributed by atoms with E-state index in [9.17, 15) is 17.9 Å². The quantitative estimate of drug-likeness (QED) is 0.771. The molecule has 1 radical (unpaired) electrons. The lowest BCUT2D eigenvalue weighted by atomic mass is 10.2. The molecule has 3 nitrogen and oxygen atoms in total. The van der Waals surface area contributed by atoms with Crippen molar-refractivity contribution < 1.29 is 17.9 Å². The van der Waals surface area contributed by atoms with Gasteiger partial charge in [0.05, 0.1) is 5.02 Å². The molecule has 0 N–H and O–H groups in total. The summed E-state index contributed by atoms with van der Waals surface area (Å²) >= 11 is 5.45. The van der Waals surface area contributed by atoms with Gasteiger partial charge in [-0.05, 0) is 17.7 Å². The normalized spacial score (nSPS) is 10.8. The van der Waals surface area contributed by atoms with Gasteiger partial charge in [-0.3, -0.25) is 0 Å². The van der Waals surface area contributed by atoms with Gasteiger partial charge in [0.1, 0.15) is 17.3 Å². The summed E-state index contributed by atoms with van der Waals surface area (Å²) in [6.45, 7) is -0.632. The van der Waals surface area contributed by atoms with Crippen molar-refractivity contribution >= 4 is 22.3 Å². The predicted molar refractivity (Wildman–Crippen MR) is 44.4 cm³/mol. The number of thiol groups is 1. The zero-order valence-electron chi connectivity index (χ0n) is 6.29. The molecule has 71 valence electrons. The summed E-state index contributed by atoms with van der Waals surface area (Å²) in [5.74, 6) is -0.977. The molecule has 0 aliphatic rings. The van der Waals surface area contributed by atoms with Crippen LogP contribution in [0.4, 0.5) is 4.39 Å². The molecule has 0 saturated heterocycles. The Balaban J connectivity index is 3.39. The maximum absolute atomic E-state index is 12.9. The maximum Gasteiger partial charge on any atom is 0.172 e. The molecule has 0 aromatic heterocycles. The van der Waals surface area contributed by atoms with Crippen molar-refractivity contribution in [1.82, 2.24) is 0 Å². The molecule has 13 heavy (non-hydrogen) atoms. The maximum atomic E-state index is 12.9. The minimum atomic E-state index is -3.06.